The third-order valence-corrected chi connectivity index (χ3v) is 4.24. The summed E-state index contributed by atoms with van der Waals surface area (Å²) >= 11 is 0. The van der Waals surface area contributed by atoms with Gasteiger partial charge in [0.25, 0.3) is 5.91 Å². The molecular formula is C13H21N5O. The molecule has 19 heavy (non-hydrogen) atoms. The predicted molar refractivity (Wildman–Crippen MR) is 70.8 cm³/mol. The fourth-order valence-corrected chi connectivity index (χ4v) is 2.58. The minimum atomic E-state index is -0.101. The van der Waals surface area contributed by atoms with Gasteiger partial charge in [-0.3, -0.25) is 4.79 Å². The zero-order chi connectivity index (χ0) is 13.5. The van der Waals surface area contributed by atoms with Gasteiger partial charge in [-0.15, -0.1) is 5.10 Å². The summed E-state index contributed by atoms with van der Waals surface area (Å²) < 4.78 is 1.84. The highest BCUT2D eigenvalue weighted by Gasteiger charge is 2.46. The second-order valence-corrected chi connectivity index (χ2v) is 6.28. The van der Waals surface area contributed by atoms with Crippen LogP contribution >= 0.6 is 0 Å². The third-order valence-electron chi connectivity index (χ3n) is 4.24. The number of hydrogen-bond donors (Lipinski definition) is 2. The van der Waals surface area contributed by atoms with E-state index in [9.17, 15) is 4.79 Å². The van der Waals surface area contributed by atoms with E-state index in [-0.39, 0.29) is 17.4 Å². The maximum absolute atomic E-state index is 12.0. The van der Waals surface area contributed by atoms with Crippen molar-refractivity contribution >= 4 is 5.91 Å². The number of amides is 1. The molecule has 1 saturated heterocycles. The van der Waals surface area contributed by atoms with E-state index in [0.29, 0.717) is 11.7 Å². The first-order valence-electron chi connectivity index (χ1n) is 7.00. The van der Waals surface area contributed by atoms with E-state index in [1.165, 1.54) is 0 Å². The lowest BCUT2D eigenvalue weighted by Gasteiger charge is -2.22. The molecule has 0 radical (unpaired) electrons. The number of carbonyl (C=O) groups excluding carboxylic acids is 1. The topological polar surface area (TPSA) is 71.8 Å². The molecule has 1 unspecified atom stereocenters. The summed E-state index contributed by atoms with van der Waals surface area (Å²) in [5, 5.41) is 14.4. The third kappa shape index (κ3) is 2.63. The lowest BCUT2D eigenvalue weighted by molar-refractivity contribution is 0.0941. The van der Waals surface area contributed by atoms with E-state index in [1.807, 2.05) is 4.68 Å². The van der Waals surface area contributed by atoms with E-state index < -0.39 is 0 Å². The Hall–Kier alpha value is -1.43. The molecule has 6 heteroatoms. The molecule has 2 N–H and O–H groups in total. The van der Waals surface area contributed by atoms with E-state index in [2.05, 4.69) is 34.8 Å². The van der Waals surface area contributed by atoms with Crippen LogP contribution in [0.25, 0.3) is 0 Å². The second-order valence-electron chi connectivity index (χ2n) is 6.28. The van der Waals surface area contributed by atoms with Crippen molar-refractivity contribution in [3.63, 3.8) is 0 Å². The maximum atomic E-state index is 12.0. The van der Waals surface area contributed by atoms with Crippen molar-refractivity contribution in [1.82, 2.24) is 25.6 Å². The largest absolute Gasteiger partial charge is 0.347 e. The predicted octanol–water partition coefficient (Wildman–Crippen LogP) is 0.731. The number of rotatable bonds is 3. The summed E-state index contributed by atoms with van der Waals surface area (Å²) in [5.74, 6) is -0.101. The standard InChI is InChI=1S/C13H21N5O/c1-13(2)7-11(13)15-12(19)10-8-18(17-16-10)9-3-5-14-6-4-9/h8-9,11,14H,3-7H2,1-2H3,(H,15,19). The molecule has 0 bridgehead atoms. The van der Waals surface area contributed by atoms with Crippen molar-refractivity contribution < 1.29 is 4.79 Å². The molecule has 3 rings (SSSR count). The first kappa shape index (κ1) is 12.6. The van der Waals surface area contributed by atoms with Gasteiger partial charge in [0.15, 0.2) is 5.69 Å². The van der Waals surface area contributed by atoms with Crippen molar-refractivity contribution in [1.29, 1.82) is 0 Å². The van der Waals surface area contributed by atoms with E-state index >= 15 is 0 Å². The summed E-state index contributed by atoms with van der Waals surface area (Å²) in [5.41, 5.74) is 0.668. The van der Waals surface area contributed by atoms with Gasteiger partial charge in [-0.25, -0.2) is 4.68 Å². The molecule has 1 aliphatic heterocycles. The van der Waals surface area contributed by atoms with Crippen molar-refractivity contribution in [3.8, 4) is 0 Å². The van der Waals surface area contributed by atoms with Crippen LogP contribution < -0.4 is 10.6 Å². The molecule has 1 aromatic heterocycles. The summed E-state index contributed by atoms with van der Waals surface area (Å²) in [6.07, 6.45) is 4.90. The number of piperidine rings is 1. The van der Waals surface area contributed by atoms with Crippen LogP contribution in [0.2, 0.25) is 0 Å². The van der Waals surface area contributed by atoms with Gasteiger partial charge in [-0.2, -0.15) is 0 Å². The monoisotopic (exact) mass is 263 g/mol. The Kier molecular flexibility index (Phi) is 3.05. The van der Waals surface area contributed by atoms with Crippen LogP contribution in [-0.4, -0.2) is 40.0 Å². The average Bonchev–Trinajstić information content (AvgIpc) is 2.83. The maximum Gasteiger partial charge on any atom is 0.273 e. The van der Waals surface area contributed by atoms with Crippen LogP contribution in [-0.2, 0) is 0 Å². The van der Waals surface area contributed by atoms with Crippen LogP contribution in [0.3, 0.4) is 0 Å². The fourth-order valence-electron chi connectivity index (χ4n) is 2.58. The van der Waals surface area contributed by atoms with Crippen LogP contribution in [0.1, 0.15) is 49.6 Å². The second kappa shape index (κ2) is 4.59. The zero-order valence-electron chi connectivity index (χ0n) is 11.5. The molecule has 1 amide bonds. The van der Waals surface area contributed by atoms with Gasteiger partial charge >= 0.3 is 0 Å². The Balaban J connectivity index is 1.62. The number of carbonyl (C=O) groups is 1. The lowest BCUT2D eigenvalue weighted by Crippen LogP contribution is -2.30. The van der Waals surface area contributed by atoms with Crippen molar-refractivity contribution in [2.45, 2.75) is 45.2 Å². The van der Waals surface area contributed by atoms with Crippen molar-refractivity contribution in [2.24, 2.45) is 5.41 Å². The highest BCUT2D eigenvalue weighted by molar-refractivity contribution is 5.92. The highest BCUT2D eigenvalue weighted by atomic mass is 16.2. The molecule has 1 aromatic rings. The van der Waals surface area contributed by atoms with E-state index in [1.54, 1.807) is 6.20 Å². The molecule has 0 aromatic carbocycles. The van der Waals surface area contributed by atoms with E-state index in [4.69, 9.17) is 0 Å². The minimum Gasteiger partial charge on any atom is -0.347 e. The van der Waals surface area contributed by atoms with Crippen LogP contribution in [0, 0.1) is 5.41 Å². The quantitative estimate of drug-likeness (QED) is 0.843. The molecular weight excluding hydrogens is 242 g/mol. The number of aromatic nitrogens is 3. The summed E-state index contributed by atoms with van der Waals surface area (Å²) in [6, 6.07) is 0.650. The van der Waals surface area contributed by atoms with Crippen LogP contribution in [0.5, 0.6) is 0 Å². The van der Waals surface area contributed by atoms with Gasteiger partial charge in [0.1, 0.15) is 0 Å². The summed E-state index contributed by atoms with van der Waals surface area (Å²) in [4.78, 5) is 12.0. The fraction of sp³-hybridized carbons (Fsp3) is 0.769. The van der Waals surface area contributed by atoms with E-state index in [0.717, 1.165) is 32.4 Å². The molecule has 2 aliphatic rings. The average molecular weight is 263 g/mol. The minimum absolute atomic E-state index is 0.101. The van der Waals surface area contributed by atoms with Gasteiger partial charge in [0.05, 0.1) is 12.2 Å². The Labute approximate surface area is 112 Å². The molecule has 2 fully saturated rings. The van der Waals surface area contributed by atoms with Crippen LogP contribution in [0.15, 0.2) is 6.20 Å². The zero-order valence-corrected chi connectivity index (χ0v) is 11.5. The molecule has 1 saturated carbocycles. The highest BCUT2D eigenvalue weighted by Crippen LogP contribution is 2.44. The van der Waals surface area contributed by atoms with Gasteiger partial charge < -0.3 is 10.6 Å². The first-order valence-corrected chi connectivity index (χ1v) is 7.00. The number of nitrogens with zero attached hydrogens (tertiary/aromatic N) is 3. The Morgan fingerprint density at radius 3 is 2.79 bits per heavy atom. The van der Waals surface area contributed by atoms with Crippen molar-refractivity contribution in [3.05, 3.63) is 11.9 Å². The molecule has 1 atom stereocenters. The summed E-state index contributed by atoms with van der Waals surface area (Å²) in [7, 11) is 0. The normalized spacial score (nSPS) is 26.1. The van der Waals surface area contributed by atoms with Gasteiger partial charge in [0, 0.05) is 6.04 Å². The molecule has 0 spiro atoms. The Bertz CT molecular complexity index is 475. The van der Waals surface area contributed by atoms with Gasteiger partial charge in [0.2, 0.25) is 0 Å². The molecule has 2 heterocycles. The Morgan fingerprint density at radius 1 is 1.47 bits per heavy atom. The van der Waals surface area contributed by atoms with Gasteiger partial charge in [-0.05, 0) is 37.8 Å². The van der Waals surface area contributed by atoms with Gasteiger partial charge in [-0.1, -0.05) is 19.1 Å². The number of hydrogen-bond acceptors (Lipinski definition) is 4. The van der Waals surface area contributed by atoms with Crippen molar-refractivity contribution in [2.75, 3.05) is 13.1 Å². The SMILES string of the molecule is CC1(C)CC1NC(=O)c1cn(C2CCNCC2)nn1. The first-order chi connectivity index (χ1) is 9.06. The molecule has 6 nitrogen and oxygen atoms in total. The summed E-state index contributed by atoms with van der Waals surface area (Å²) in [6.45, 7) is 6.32. The number of nitrogens with one attached hydrogen (secondary N) is 2. The lowest BCUT2D eigenvalue weighted by atomic mass is 10.1. The molecule has 104 valence electrons. The molecule has 1 aliphatic carbocycles. The smallest absolute Gasteiger partial charge is 0.273 e. The Morgan fingerprint density at radius 2 is 2.16 bits per heavy atom. The van der Waals surface area contributed by atoms with Crippen LogP contribution in [0.4, 0.5) is 0 Å².